The predicted molar refractivity (Wildman–Crippen MR) is 87.7 cm³/mol. The Balaban J connectivity index is 0.000000262. The molecule has 0 fully saturated rings. The van der Waals surface area contributed by atoms with Crippen LogP contribution in [0.3, 0.4) is 0 Å². The largest absolute Gasteiger partial charge is 0.355 e. The van der Waals surface area contributed by atoms with E-state index in [4.69, 9.17) is 0 Å². The van der Waals surface area contributed by atoms with Gasteiger partial charge in [0.05, 0.1) is 0 Å². The van der Waals surface area contributed by atoms with Crippen molar-refractivity contribution in [2.24, 2.45) is 5.92 Å². The summed E-state index contributed by atoms with van der Waals surface area (Å²) in [6.45, 7) is 10.5. The number of hydrogen-bond acceptors (Lipinski definition) is 0. The Labute approximate surface area is 116 Å². The van der Waals surface area contributed by atoms with Crippen LogP contribution in [0.25, 0.3) is 21.8 Å². The van der Waals surface area contributed by atoms with Crippen molar-refractivity contribution < 1.29 is 0 Å². The van der Waals surface area contributed by atoms with Gasteiger partial charge in [0.1, 0.15) is 0 Å². The maximum atomic E-state index is 3.38. The maximum absolute atomic E-state index is 3.38. The van der Waals surface area contributed by atoms with Crippen LogP contribution in [0.1, 0.15) is 34.6 Å². The Hall–Kier alpha value is -1.76. The summed E-state index contributed by atoms with van der Waals surface area (Å²) in [4.78, 5) is 3.38. The fraction of sp³-hybridized carbons (Fsp3) is 0.333. The first-order chi connectivity index (χ1) is 9.18. The molecule has 0 radical (unpaired) electrons. The minimum Gasteiger partial charge on any atom is -0.355 e. The molecular formula is C18H25N. The van der Waals surface area contributed by atoms with Crippen LogP contribution < -0.4 is 0 Å². The average molecular weight is 255 g/mol. The van der Waals surface area contributed by atoms with E-state index in [1.165, 1.54) is 21.8 Å². The average Bonchev–Trinajstić information content (AvgIpc) is 2.79. The maximum Gasteiger partial charge on any atom is 0.0464 e. The zero-order chi connectivity index (χ0) is 14.3. The smallest absolute Gasteiger partial charge is 0.0464 e. The molecule has 0 atom stereocenters. The van der Waals surface area contributed by atoms with Gasteiger partial charge in [-0.25, -0.2) is 0 Å². The Morgan fingerprint density at radius 3 is 1.37 bits per heavy atom. The van der Waals surface area contributed by atoms with Crippen LogP contribution in [0, 0.1) is 5.92 Å². The number of benzene rings is 2. The third-order valence-corrected chi connectivity index (χ3v) is 2.41. The van der Waals surface area contributed by atoms with E-state index < -0.39 is 0 Å². The number of H-pyrrole nitrogens is 1. The number of aromatic nitrogens is 1. The Kier molecular flexibility index (Phi) is 6.14. The molecule has 1 heteroatoms. The molecule has 0 amide bonds. The van der Waals surface area contributed by atoms with Crippen LogP contribution in [0.5, 0.6) is 0 Å². The number of hydrogen-bond donors (Lipinski definition) is 1. The molecule has 0 unspecified atom stereocenters. The molecule has 3 rings (SSSR count). The zero-order valence-corrected chi connectivity index (χ0v) is 12.7. The summed E-state index contributed by atoms with van der Waals surface area (Å²) < 4.78 is 0. The summed E-state index contributed by atoms with van der Waals surface area (Å²) in [7, 11) is 0. The van der Waals surface area contributed by atoms with E-state index in [9.17, 15) is 0 Å². The van der Waals surface area contributed by atoms with E-state index in [0.29, 0.717) is 0 Å². The van der Waals surface area contributed by atoms with Gasteiger partial charge in [-0.05, 0) is 18.1 Å². The van der Waals surface area contributed by atoms with Crippen LogP contribution in [-0.4, -0.2) is 4.98 Å². The molecule has 1 N–H and O–H groups in total. The van der Waals surface area contributed by atoms with Crippen molar-refractivity contribution in [1.82, 2.24) is 4.98 Å². The van der Waals surface area contributed by atoms with Crippen LogP contribution in [0.2, 0.25) is 0 Å². The number of rotatable bonds is 0. The van der Waals surface area contributed by atoms with E-state index in [0.717, 1.165) is 5.92 Å². The summed E-state index contributed by atoms with van der Waals surface area (Å²) in [5, 5.41) is 2.61. The van der Waals surface area contributed by atoms with E-state index in [2.05, 4.69) is 74.3 Å². The Morgan fingerprint density at radius 1 is 0.684 bits per heavy atom. The fourth-order valence-electron chi connectivity index (χ4n) is 1.80. The minimum atomic E-state index is 0.833. The first-order valence-corrected chi connectivity index (χ1v) is 7.14. The molecule has 1 heterocycles. The second-order valence-electron chi connectivity index (χ2n) is 4.95. The van der Waals surface area contributed by atoms with Crippen molar-refractivity contribution in [1.29, 1.82) is 0 Å². The van der Waals surface area contributed by atoms with Crippen LogP contribution in [0.15, 0.2) is 48.5 Å². The Morgan fingerprint density at radius 2 is 1.00 bits per heavy atom. The van der Waals surface area contributed by atoms with Gasteiger partial charge in [-0.3, -0.25) is 0 Å². The van der Waals surface area contributed by atoms with Gasteiger partial charge in [0.2, 0.25) is 0 Å². The van der Waals surface area contributed by atoms with Crippen LogP contribution >= 0.6 is 0 Å². The van der Waals surface area contributed by atoms with E-state index in [1.54, 1.807) is 0 Å². The van der Waals surface area contributed by atoms with Gasteiger partial charge >= 0.3 is 0 Å². The summed E-state index contributed by atoms with van der Waals surface area (Å²) in [5.74, 6) is 0.833. The van der Waals surface area contributed by atoms with Crippen molar-refractivity contribution in [3.63, 3.8) is 0 Å². The van der Waals surface area contributed by atoms with E-state index in [1.807, 2.05) is 13.8 Å². The van der Waals surface area contributed by atoms with Gasteiger partial charge in [-0.1, -0.05) is 71.0 Å². The molecule has 2 aromatic carbocycles. The first-order valence-electron chi connectivity index (χ1n) is 7.14. The lowest BCUT2D eigenvalue weighted by Gasteiger charge is -1.87. The highest BCUT2D eigenvalue weighted by Gasteiger charge is 2.00. The molecule has 0 bridgehead atoms. The monoisotopic (exact) mass is 255 g/mol. The zero-order valence-electron chi connectivity index (χ0n) is 12.7. The quantitative estimate of drug-likeness (QED) is 0.506. The highest BCUT2D eigenvalue weighted by molar-refractivity contribution is 6.06. The molecular weight excluding hydrogens is 230 g/mol. The lowest BCUT2D eigenvalue weighted by molar-refractivity contribution is 0.737. The molecule has 3 aromatic rings. The summed E-state index contributed by atoms with van der Waals surface area (Å²) in [6, 6.07) is 16.8. The lowest BCUT2D eigenvalue weighted by atomic mass is 10.2. The highest BCUT2D eigenvalue weighted by atomic mass is 14.7. The van der Waals surface area contributed by atoms with Gasteiger partial charge in [0.15, 0.2) is 0 Å². The van der Waals surface area contributed by atoms with E-state index in [-0.39, 0.29) is 0 Å². The molecule has 1 aromatic heterocycles. The normalized spacial score (nSPS) is 9.79. The standard InChI is InChI=1S/C12H9N.C4H10.C2H6/c1-3-7-11-9(5-1)10-6-2-4-8-12(10)13-11;1-4(2)3;1-2/h1-8,13H;4H,1-3H3;1-2H3. The molecule has 0 aliphatic heterocycles. The van der Waals surface area contributed by atoms with Crippen molar-refractivity contribution in [3.8, 4) is 0 Å². The molecule has 0 saturated carbocycles. The molecule has 102 valence electrons. The predicted octanol–water partition coefficient (Wildman–Crippen LogP) is 6.01. The Bertz CT molecular complexity index is 552. The second kappa shape index (κ2) is 7.63. The minimum absolute atomic E-state index is 0.833. The third kappa shape index (κ3) is 4.13. The molecule has 0 spiro atoms. The van der Waals surface area contributed by atoms with E-state index >= 15 is 0 Å². The van der Waals surface area contributed by atoms with Crippen LogP contribution in [0.4, 0.5) is 0 Å². The van der Waals surface area contributed by atoms with Crippen molar-refractivity contribution in [3.05, 3.63) is 48.5 Å². The molecule has 0 saturated heterocycles. The number of aromatic amines is 1. The first kappa shape index (κ1) is 15.3. The molecule has 1 nitrogen and oxygen atoms in total. The third-order valence-electron chi connectivity index (χ3n) is 2.41. The van der Waals surface area contributed by atoms with Gasteiger partial charge < -0.3 is 4.98 Å². The fourth-order valence-corrected chi connectivity index (χ4v) is 1.80. The highest BCUT2D eigenvalue weighted by Crippen LogP contribution is 2.24. The summed E-state index contributed by atoms with van der Waals surface area (Å²) in [6.07, 6.45) is 0. The topological polar surface area (TPSA) is 15.8 Å². The summed E-state index contributed by atoms with van der Waals surface area (Å²) in [5.41, 5.74) is 2.42. The van der Waals surface area contributed by atoms with Gasteiger partial charge in [0.25, 0.3) is 0 Å². The molecule has 19 heavy (non-hydrogen) atoms. The molecule has 0 aliphatic carbocycles. The number of fused-ring (bicyclic) bond motifs is 3. The van der Waals surface area contributed by atoms with Gasteiger partial charge in [0, 0.05) is 21.8 Å². The lowest BCUT2D eigenvalue weighted by Crippen LogP contribution is -1.66. The number of para-hydroxylation sites is 2. The van der Waals surface area contributed by atoms with Gasteiger partial charge in [-0.15, -0.1) is 0 Å². The van der Waals surface area contributed by atoms with Crippen LogP contribution in [-0.2, 0) is 0 Å². The SMILES string of the molecule is CC.CC(C)C.c1ccc2c(c1)[nH]c1ccccc12. The van der Waals surface area contributed by atoms with Crippen molar-refractivity contribution in [2.75, 3.05) is 0 Å². The molecule has 0 aliphatic rings. The van der Waals surface area contributed by atoms with Crippen molar-refractivity contribution in [2.45, 2.75) is 34.6 Å². The number of nitrogens with one attached hydrogen (secondary N) is 1. The summed E-state index contributed by atoms with van der Waals surface area (Å²) >= 11 is 0. The van der Waals surface area contributed by atoms with Gasteiger partial charge in [-0.2, -0.15) is 0 Å². The second-order valence-corrected chi connectivity index (χ2v) is 4.95. The van der Waals surface area contributed by atoms with Crippen molar-refractivity contribution >= 4 is 21.8 Å².